The Hall–Kier alpha value is -1.53. The van der Waals surface area contributed by atoms with Gasteiger partial charge in [0, 0.05) is 0 Å². The molecule has 0 saturated carbocycles. The van der Waals surface area contributed by atoms with Crippen LogP contribution in [-0.2, 0) is 0 Å². The van der Waals surface area contributed by atoms with Gasteiger partial charge >= 0.3 is 0 Å². The molecule has 1 atom stereocenters. The van der Waals surface area contributed by atoms with Crippen LogP contribution in [0.4, 0.5) is 0 Å². The highest BCUT2D eigenvalue weighted by Gasteiger charge is 2.32. The molecular weight excluding hydrogens is 236 g/mol. The summed E-state index contributed by atoms with van der Waals surface area (Å²) in [6.45, 7) is 8.64. The van der Waals surface area contributed by atoms with Crippen molar-refractivity contribution in [1.29, 1.82) is 5.26 Å². The van der Waals surface area contributed by atoms with Crippen LogP contribution in [0.25, 0.3) is 0 Å². The first-order chi connectivity index (χ1) is 8.83. The molecule has 0 aliphatic rings. The summed E-state index contributed by atoms with van der Waals surface area (Å²) < 4.78 is 5.57. The molecule has 19 heavy (non-hydrogen) atoms. The van der Waals surface area contributed by atoms with Crippen LogP contribution >= 0.6 is 0 Å². The molecule has 0 radical (unpaired) electrons. The molecule has 1 aromatic rings. The Morgan fingerprint density at radius 3 is 2.42 bits per heavy atom. The minimum atomic E-state index is -0.441. The lowest BCUT2D eigenvalue weighted by molar-refractivity contribution is 0.185. The van der Waals surface area contributed by atoms with E-state index in [0.29, 0.717) is 6.61 Å². The van der Waals surface area contributed by atoms with Gasteiger partial charge in [-0.2, -0.15) is 5.26 Å². The third kappa shape index (κ3) is 3.48. The van der Waals surface area contributed by atoms with E-state index in [4.69, 9.17) is 4.74 Å². The van der Waals surface area contributed by atoms with Crippen molar-refractivity contribution in [3.63, 3.8) is 0 Å². The Morgan fingerprint density at radius 2 is 2.00 bits per heavy atom. The second kappa shape index (κ2) is 6.08. The average Bonchev–Trinajstić information content (AvgIpc) is 2.32. The topological polar surface area (TPSA) is 36.3 Å². The number of ether oxygens (including phenoxy) is 1. The standard InChI is InChI=1S/C16H24N2O/c1-7-19-14-9-8-13(10-12(14)2)15(18(5)6)16(3,4)11-17/h8-10,15H,7H2,1-6H3. The summed E-state index contributed by atoms with van der Waals surface area (Å²) in [5.74, 6) is 0.915. The molecule has 0 N–H and O–H groups in total. The minimum Gasteiger partial charge on any atom is -0.494 e. The van der Waals surface area contributed by atoms with Crippen LogP contribution in [0.5, 0.6) is 5.75 Å². The predicted octanol–water partition coefficient (Wildman–Crippen LogP) is 3.55. The van der Waals surface area contributed by atoms with Crippen LogP contribution in [0.15, 0.2) is 18.2 Å². The fourth-order valence-corrected chi connectivity index (χ4v) is 2.58. The molecule has 104 valence electrons. The van der Waals surface area contributed by atoms with Crippen LogP contribution in [0, 0.1) is 23.7 Å². The Balaban J connectivity index is 3.19. The summed E-state index contributed by atoms with van der Waals surface area (Å²) in [6.07, 6.45) is 0. The highest BCUT2D eigenvalue weighted by atomic mass is 16.5. The third-order valence-corrected chi connectivity index (χ3v) is 3.30. The van der Waals surface area contributed by atoms with Gasteiger partial charge < -0.3 is 9.64 Å². The zero-order valence-corrected chi connectivity index (χ0v) is 12.8. The zero-order valence-electron chi connectivity index (χ0n) is 12.8. The SMILES string of the molecule is CCOc1ccc(C(N(C)C)C(C)(C)C#N)cc1C. The number of hydrogen-bond acceptors (Lipinski definition) is 3. The van der Waals surface area contributed by atoms with E-state index in [1.165, 1.54) is 0 Å². The smallest absolute Gasteiger partial charge is 0.122 e. The van der Waals surface area contributed by atoms with Gasteiger partial charge in [0.05, 0.1) is 24.1 Å². The van der Waals surface area contributed by atoms with Gasteiger partial charge in [0.25, 0.3) is 0 Å². The summed E-state index contributed by atoms with van der Waals surface area (Å²) in [4.78, 5) is 2.10. The maximum Gasteiger partial charge on any atom is 0.122 e. The van der Waals surface area contributed by atoms with Gasteiger partial charge in [0.1, 0.15) is 5.75 Å². The van der Waals surface area contributed by atoms with Crippen molar-refractivity contribution < 1.29 is 4.74 Å². The van der Waals surface area contributed by atoms with Crippen LogP contribution in [0.1, 0.15) is 37.9 Å². The summed E-state index contributed by atoms with van der Waals surface area (Å²) in [7, 11) is 4.02. The molecule has 0 heterocycles. The summed E-state index contributed by atoms with van der Waals surface area (Å²) in [6, 6.07) is 8.64. The molecule has 0 aromatic heterocycles. The molecule has 1 unspecified atom stereocenters. The minimum absolute atomic E-state index is 0.0619. The van der Waals surface area contributed by atoms with Crippen molar-refractivity contribution in [3.8, 4) is 11.8 Å². The second-order valence-electron chi connectivity index (χ2n) is 5.66. The van der Waals surface area contributed by atoms with Gasteiger partial charge in [-0.05, 0) is 59.0 Å². The van der Waals surface area contributed by atoms with Crippen LogP contribution in [0.2, 0.25) is 0 Å². The highest BCUT2D eigenvalue weighted by molar-refractivity contribution is 5.38. The number of benzene rings is 1. The van der Waals surface area contributed by atoms with Crippen molar-refractivity contribution in [3.05, 3.63) is 29.3 Å². The molecule has 0 saturated heterocycles. The van der Waals surface area contributed by atoms with E-state index in [0.717, 1.165) is 16.9 Å². The molecule has 0 spiro atoms. The first-order valence-electron chi connectivity index (χ1n) is 6.64. The van der Waals surface area contributed by atoms with Gasteiger partial charge in [-0.25, -0.2) is 0 Å². The molecule has 1 rings (SSSR count). The molecule has 3 nitrogen and oxygen atoms in total. The van der Waals surface area contributed by atoms with Gasteiger partial charge in [0.2, 0.25) is 0 Å². The Bertz CT molecular complexity index is 472. The molecule has 1 aromatic carbocycles. The van der Waals surface area contributed by atoms with Gasteiger partial charge in [-0.1, -0.05) is 12.1 Å². The largest absolute Gasteiger partial charge is 0.494 e. The lowest BCUT2D eigenvalue weighted by Gasteiger charge is -2.34. The molecule has 0 bridgehead atoms. The van der Waals surface area contributed by atoms with E-state index in [1.54, 1.807) is 0 Å². The molecule has 0 amide bonds. The van der Waals surface area contributed by atoms with Crippen molar-refractivity contribution in [2.75, 3.05) is 20.7 Å². The Morgan fingerprint density at radius 1 is 1.37 bits per heavy atom. The number of nitriles is 1. The van der Waals surface area contributed by atoms with E-state index in [1.807, 2.05) is 47.9 Å². The maximum absolute atomic E-state index is 9.38. The fraction of sp³-hybridized carbons (Fsp3) is 0.562. The molecule has 0 aliphatic carbocycles. The quantitative estimate of drug-likeness (QED) is 0.812. The molecule has 0 fully saturated rings. The summed E-state index contributed by atoms with van der Waals surface area (Å²) in [5.41, 5.74) is 1.82. The van der Waals surface area contributed by atoms with Gasteiger partial charge in [-0.3, -0.25) is 0 Å². The third-order valence-electron chi connectivity index (χ3n) is 3.30. The first kappa shape index (κ1) is 15.5. The zero-order chi connectivity index (χ0) is 14.6. The van der Waals surface area contributed by atoms with Crippen molar-refractivity contribution in [1.82, 2.24) is 4.90 Å². The average molecular weight is 260 g/mol. The molecule has 3 heteroatoms. The Kier molecular flexibility index (Phi) is 4.97. The predicted molar refractivity (Wildman–Crippen MR) is 78.2 cm³/mol. The highest BCUT2D eigenvalue weighted by Crippen LogP contribution is 2.37. The monoisotopic (exact) mass is 260 g/mol. The number of nitrogens with zero attached hydrogens (tertiary/aromatic N) is 2. The Labute approximate surface area is 116 Å². The van der Waals surface area contributed by atoms with Crippen molar-refractivity contribution in [2.45, 2.75) is 33.7 Å². The summed E-state index contributed by atoms with van der Waals surface area (Å²) in [5, 5.41) is 9.38. The van der Waals surface area contributed by atoms with E-state index in [2.05, 4.69) is 23.1 Å². The maximum atomic E-state index is 9.38. The van der Waals surface area contributed by atoms with Crippen LogP contribution in [-0.4, -0.2) is 25.6 Å². The van der Waals surface area contributed by atoms with Crippen molar-refractivity contribution in [2.24, 2.45) is 5.41 Å². The summed E-state index contributed by atoms with van der Waals surface area (Å²) >= 11 is 0. The van der Waals surface area contributed by atoms with E-state index in [-0.39, 0.29) is 6.04 Å². The second-order valence-corrected chi connectivity index (χ2v) is 5.66. The van der Waals surface area contributed by atoms with Crippen LogP contribution < -0.4 is 4.74 Å². The normalized spacial score (nSPS) is 13.2. The molecule has 0 aliphatic heterocycles. The fourth-order valence-electron chi connectivity index (χ4n) is 2.58. The number of hydrogen-bond donors (Lipinski definition) is 0. The first-order valence-corrected chi connectivity index (χ1v) is 6.64. The van der Waals surface area contributed by atoms with Gasteiger partial charge in [-0.15, -0.1) is 0 Å². The van der Waals surface area contributed by atoms with Gasteiger partial charge in [0.15, 0.2) is 0 Å². The lowest BCUT2D eigenvalue weighted by atomic mass is 9.80. The van der Waals surface area contributed by atoms with Crippen molar-refractivity contribution >= 4 is 0 Å². The number of rotatable bonds is 5. The van der Waals surface area contributed by atoms with E-state index >= 15 is 0 Å². The van der Waals surface area contributed by atoms with E-state index in [9.17, 15) is 5.26 Å². The lowest BCUT2D eigenvalue weighted by Crippen LogP contribution is -2.32. The number of aryl methyl sites for hydroxylation is 1. The van der Waals surface area contributed by atoms with Crippen LogP contribution in [0.3, 0.4) is 0 Å². The van der Waals surface area contributed by atoms with E-state index < -0.39 is 5.41 Å². The molecular formula is C16H24N2O.